The van der Waals surface area contributed by atoms with Crippen LogP contribution in [-0.4, -0.2) is 33.5 Å². The second kappa shape index (κ2) is 5.95. The maximum atomic E-state index is 11.2. The Morgan fingerprint density at radius 1 is 1.32 bits per heavy atom. The Labute approximate surface area is 116 Å². The molecule has 0 aliphatic carbocycles. The molecule has 0 unspecified atom stereocenters. The lowest BCUT2D eigenvalue weighted by atomic mass is 9.96. The second-order valence-corrected chi connectivity index (χ2v) is 7.61. The summed E-state index contributed by atoms with van der Waals surface area (Å²) in [6.45, 7) is 4.07. The van der Waals surface area contributed by atoms with Crippen LogP contribution in [0.3, 0.4) is 0 Å². The summed E-state index contributed by atoms with van der Waals surface area (Å²) in [7, 11) is -2.84. The first kappa shape index (κ1) is 14.4. The van der Waals surface area contributed by atoms with Crippen LogP contribution in [0.5, 0.6) is 0 Å². The average molecular weight is 281 g/mol. The molecule has 1 aliphatic rings. The fraction of sp³-hybridized carbons (Fsp3) is 0.600. The van der Waals surface area contributed by atoms with Gasteiger partial charge in [0.1, 0.15) is 9.84 Å². The van der Waals surface area contributed by atoms with E-state index in [2.05, 4.69) is 30.0 Å². The zero-order valence-electron chi connectivity index (χ0n) is 11.9. The first-order valence-corrected chi connectivity index (χ1v) is 9.11. The number of rotatable bonds is 5. The molecular weight excluding hydrogens is 258 g/mol. The molecule has 1 aromatic rings. The largest absolute Gasteiger partial charge is 0.371 e. The Hall–Kier alpha value is -1.03. The Morgan fingerprint density at radius 3 is 2.79 bits per heavy atom. The van der Waals surface area contributed by atoms with Gasteiger partial charge in [0.05, 0.1) is 5.75 Å². The Kier molecular flexibility index (Phi) is 4.50. The molecule has 1 heterocycles. The summed E-state index contributed by atoms with van der Waals surface area (Å²) >= 11 is 0. The van der Waals surface area contributed by atoms with E-state index in [4.69, 9.17) is 0 Å². The lowest BCUT2D eigenvalue weighted by Crippen LogP contribution is -2.32. The average Bonchev–Trinajstić information content (AvgIpc) is 2.36. The minimum Gasteiger partial charge on any atom is -0.371 e. The van der Waals surface area contributed by atoms with E-state index in [1.165, 1.54) is 29.5 Å². The van der Waals surface area contributed by atoms with Gasteiger partial charge in [0.15, 0.2) is 0 Å². The van der Waals surface area contributed by atoms with Crippen LogP contribution in [0.4, 0.5) is 5.69 Å². The van der Waals surface area contributed by atoms with Gasteiger partial charge in [-0.25, -0.2) is 8.42 Å². The van der Waals surface area contributed by atoms with Crippen LogP contribution in [0.2, 0.25) is 0 Å². The summed E-state index contributed by atoms with van der Waals surface area (Å²) in [5.74, 6) is 0.285. The van der Waals surface area contributed by atoms with Gasteiger partial charge >= 0.3 is 0 Å². The van der Waals surface area contributed by atoms with Gasteiger partial charge in [-0.3, -0.25) is 0 Å². The maximum absolute atomic E-state index is 11.2. The van der Waals surface area contributed by atoms with Crippen molar-refractivity contribution in [2.24, 2.45) is 0 Å². The van der Waals surface area contributed by atoms with Crippen molar-refractivity contribution in [3.63, 3.8) is 0 Å². The van der Waals surface area contributed by atoms with E-state index < -0.39 is 9.84 Å². The predicted octanol–water partition coefficient (Wildman–Crippen LogP) is 2.44. The van der Waals surface area contributed by atoms with Gasteiger partial charge in [0.25, 0.3) is 0 Å². The summed E-state index contributed by atoms with van der Waals surface area (Å²) < 4.78 is 22.4. The standard InChI is InChI=1S/C15H23NO2S/c1-3-13-7-4-8-14-9-5-10-16(15(13)14)11-6-12-19(2,17)18/h4,7-8H,3,5-6,9-12H2,1-2H3. The molecule has 0 spiro atoms. The molecule has 0 atom stereocenters. The Morgan fingerprint density at radius 2 is 2.11 bits per heavy atom. The third-order valence-corrected chi connectivity index (χ3v) is 4.75. The van der Waals surface area contributed by atoms with Gasteiger partial charge in [0.2, 0.25) is 0 Å². The summed E-state index contributed by atoms with van der Waals surface area (Å²) in [4.78, 5) is 2.38. The molecule has 0 amide bonds. The normalized spacial score (nSPS) is 15.4. The van der Waals surface area contributed by atoms with Gasteiger partial charge < -0.3 is 4.90 Å². The number of sulfone groups is 1. The molecule has 4 heteroatoms. The molecule has 19 heavy (non-hydrogen) atoms. The maximum Gasteiger partial charge on any atom is 0.147 e. The van der Waals surface area contributed by atoms with Crippen molar-refractivity contribution in [3.05, 3.63) is 29.3 Å². The van der Waals surface area contributed by atoms with Crippen molar-refractivity contribution in [2.45, 2.75) is 32.6 Å². The van der Waals surface area contributed by atoms with Crippen LogP contribution >= 0.6 is 0 Å². The highest BCUT2D eigenvalue weighted by molar-refractivity contribution is 7.90. The minimum atomic E-state index is -2.84. The highest BCUT2D eigenvalue weighted by Crippen LogP contribution is 2.31. The van der Waals surface area contributed by atoms with E-state index in [1.807, 2.05) is 0 Å². The quantitative estimate of drug-likeness (QED) is 0.832. The Balaban J connectivity index is 2.13. The first-order valence-electron chi connectivity index (χ1n) is 7.04. The molecule has 0 radical (unpaired) electrons. The monoisotopic (exact) mass is 281 g/mol. The number of anilines is 1. The zero-order valence-corrected chi connectivity index (χ0v) is 12.7. The van der Waals surface area contributed by atoms with Crippen LogP contribution in [0.1, 0.15) is 30.9 Å². The third kappa shape index (κ3) is 3.72. The zero-order chi connectivity index (χ0) is 13.9. The molecule has 0 saturated heterocycles. The van der Waals surface area contributed by atoms with Crippen LogP contribution < -0.4 is 4.90 Å². The fourth-order valence-corrected chi connectivity index (χ4v) is 3.50. The van der Waals surface area contributed by atoms with Crippen LogP contribution in [-0.2, 0) is 22.7 Å². The van der Waals surface area contributed by atoms with Crippen molar-refractivity contribution in [1.82, 2.24) is 0 Å². The molecule has 3 nitrogen and oxygen atoms in total. The van der Waals surface area contributed by atoms with Crippen molar-refractivity contribution < 1.29 is 8.42 Å². The number of nitrogens with zero attached hydrogens (tertiary/aromatic N) is 1. The van der Waals surface area contributed by atoms with Gasteiger partial charge in [-0.1, -0.05) is 25.1 Å². The van der Waals surface area contributed by atoms with Crippen molar-refractivity contribution in [2.75, 3.05) is 30.0 Å². The van der Waals surface area contributed by atoms with Crippen molar-refractivity contribution in [3.8, 4) is 0 Å². The number of benzene rings is 1. The van der Waals surface area contributed by atoms with Gasteiger partial charge in [-0.2, -0.15) is 0 Å². The summed E-state index contributed by atoms with van der Waals surface area (Å²) in [5, 5.41) is 0. The number of fused-ring (bicyclic) bond motifs is 1. The lowest BCUT2D eigenvalue weighted by molar-refractivity contribution is 0.597. The van der Waals surface area contributed by atoms with E-state index in [9.17, 15) is 8.42 Å². The SMILES string of the molecule is CCc1cccc2c1N(CCCS(C)(=O)=O)CCC2. The number of hydrogen-bond acceptors (Lipinski definition) is 3. The summed E-state index contributed by atoms with van der Waals surface area (Å²) in [5.41, 5.74) is 4.17. The fourth-order valence-electron chi connectivity index (χ4n) is 2.85. The van der Waals surface area contributed by atoms with Crippen molar-refractivity contribution in [1.29, 1.82) is 0 Å². The number of hydrogen-bond donors (Lipinski definition) is 0. The number of para-hydroxylation sites is 1. The minimum absolute atomic E-state index is 0.285. The smallest absolute Gasteiger partial charge is 0.147 e. The topological polar surface area (TPSA) is 37.4 Å². The van der Waals surface area contributed by atoms with Gasteiger partial charge in [0, 0.05) is 25.0 Å². The van der Waals surface area contributed by atoms with E-state index >= 15 is 0 Å². The second-order valence-electron chi connectivity index (χ2n) is 5.35. The Bertz CT molecular complexity index is 523. The van der Waals surface area contributed by atoms with Gasteiger partial charge in [-0.05, 0) is 36.8 Å². The molecule has 1 aliphatic heterocycles. The first-order chi connectivity index (χ1) is 9.01. The predicted molar refractivity (Wildman–Crippen MR) is 80.7 cm³/mol. The van der Waals surface area contributed by atoms with E-state index in [0.717, 1.165) is 32.4 Å². The number of aryl methyl sites for hydroxylation is 2. The summed E-state index contributed by atoms with van der Waals surface area (Å²) in [6, 6.07) is 6.53. The van der Waals surface area contributed by atoms with Crippen LogP contribution in [0, 0.1) is 0 Å². The van der Waals surface area contributed by atoms with E-state index in [1.54, 1.807) is 0 Å². The third-order valence-electron chi connectivity index (χ3n) is 3.72. The van der Waals surface area contributed by atoms with Crippen LogP contribution in [0.25, 0.3) is 0 Å². The highest BCUT2D eigenvalue weighted by atomic mass is 32.2. The highest BCUT2D eigenvalue weighted by Gasteiger charge is 2.19. The molecule has 106 valence electrons. The lowest BCUT2D eigenvalue weighted by Gasteiger charge is -2.33. The van der Waals surface area contributed by atoms with Crippen LogP contribution in [0.15, 0.2) is 18.2 Å². The summed E-state index contributed by atoms with van der Waals surface area (Å²) in [6.07, 6.45) is 5.38. The molecular formula is C15H23NO2S. The molecule has 1 aromatic carbocycles. The molecule has 0 fully saturated rings. The molecule has 0 aromatic heterocycles. The van der Waals surface area contributed by atoms with E-state index in [0.29, 0.717) is 0 Å². The molecule has 0 bridgehead atoms. The molecule has 2 rings (SSSR count). The van der Waals surface area contributed by atoms with Crippen molar-refractivity contribution >= 4 is 15.5 Å². The van der Waals surface area contributed by atoms with E-state index in [-0.39, 0.29) is 5.75 Å². The molecule has 0 N–H and O–H groups in total. The molecule has 0 saturated carbocycles. The van der Waals surface area contributed by atoms with Gasteiger partial charge in [-0.15, -0.1) is 0 Å².